The van der Waals surface area contributed by atoms with Crippen molar-refractivity contribution in [3.05, 3.63) is 18.1 Å². The highest BCUT2D eigenvalue weighted by molar-refractivity contribution is 5.45. The Labute approximate surface area is 143 Å². The van der Waals surface area contributed by atoms with Crippen LogP contribution in [-0.2, 0) is 10.9 Å². The highest BCUT2D eigenvalue weighted by Crippen LogP contribution is 2.34. The van der Waals surface area contributed by atoms with Gasteiger partial charge in [0.05, 0.1) is 6.10 Å². The molecule has 0 spiro atoms. The zero-order valence-corrected chi connectivity index (χ0v) is 14.5. The Balaban J connectivity index is 1.84. The molecule has 1 saturated heterocycles. The minimum Gasteiger partial charge on any atom is -0.377 e. The van der Waals surface area contributed by atoms with Crippen LogP contribution in [0.2, 0.25) is 0 Å². The molecule has 0 radical (unpaired) electrons. The van der Waals surface area contributed by atoms with Crippen molar-refractivity contribution < 1.29 is 17.9 Å². The molecule has 0 bridgehead atoms. The van der Waals surface area contributed by atoms with E-state index in [9.17, 15) is 13.2 Å². The zero-order chi connectivity index (χ0) is 18.2. The molecule has 2 aromatic rings. The summed E-state index contributed by atoms with van der Waals surface area (Å²) >= 11 is 0. The van der Waals surface area contributed by atoms with Gasteiger partial charge in [0.15, 0.2) is 5.69 Å². The van der Waals surface area contributed by atoms with E-state index in [-0.39, 0.29) is 29.0 Å². The predicted molar refractivity (Wildman–Crippen MR) is 86.2 cm³/mol. The number of nitrogens with one attached hydrogen (secondary N) is 1. The van der Waals surface area contributed by atoms with Crippen molar-refractivity contribution in [3.63, 3.8) is 0 Å². The number of nitrogens with zero attached hydrogens (tertiary/aromatic N) is 4. The summed E-state index contributed by atoms with van der Waals surface area (Å²) in [5, 5.41) is 7.05. The Kier molecular flexibility index (Phi) is 4.61. The van der Waals surface area contributed by atoms with E-state index in [0.29, 0.717) is 6.54 Å². The van der Waals surface area contributed by atoms with Crippen LogP contribution in [0.1, 0.15) is 39.3 Å². The first kappa shape index (κ1) is 17.9. The summed E-state index contributed by atoms with van der Waals surface area (Å²) in [7, 11) is 0. The molecule has 0 amide bonds. The van der Waals surface area contributed by atoms with Gasteiger partial charge in [-0.05, 0) is 18.3 Å². The number of ether oxygens (including phenoxy) is 1. The van der Waals surface area contributed by atoms with Crippen molar-refractivity contribution in [1.29, 1.82) is 0 Å². The van der Waals surface area contributed by atoms with Crippen LogP contribution in [0, 0.1) is 11.3 Å². The number of rotatable bonds is 3. The normalized spacial score (nSPS) is 22.3. The molecule has 0 aliphatic carbocycles. The van der Waals surface area contributed by atoms with Crippen molar-refractivity contribution in [1.82, 2.24) is 19.6 Å². The van der Waals surface area contributed by atoms with E-state index < -0.39 is 11.9 Å². The minimum atomic E-state index is -4.54. The fourth-order valence-electron chi connectivity index (χ4n) is 3.33. The molecule has 1 fully saturated rings. The van der Waals surface area contributed by atoms with Gasteiger partial charge in [-0.25, -0.2) is 4.98 Å². The first-order chi connectivity index (χ1) is 11.7. The standard InChI is InChI=1S/C16H22F3N5O/c1-15(2,3)13-10(5-4-6-25-13)8-20-12-7-11(16(17,18)19)23-14-21-9-22-24(12)14/h7,9-10,13,20H,4-6,8H2,1-3H3. The fraction of sp³-hybridized carbons (Fsp3) is 0.688. The summed E-state index contributed by atoms with van der Waals surface area (Å²) in [6, 6.07) is 0.970. The SMILES string of the molecule is CC(C)(C)C1OCCCC1CNc1cc(C(F)(F)F)nc2ncnn12. The third-order valence-corrected chi connectivity index (χ3v) is 4.39. The zero-order valence-electron chi connectivity index (χ0n) is 14.5. The van der Waals surface area contributed by atoms with Gasteiger partial charge in [0.25, 0.3) is 5.78 Å². The van der Waals surface area contributed by atoms with E-state index in [1.54, 1.807) is 0 Å². The Hall–Kier alpha value is -1.90. The summed E-state index contributed by atoms with van der Waals surface area (Å²) in [5.41, 5.74) is -1.02. The van der Waals surface area contributed by atoms with Gasteiger partial charge < -0.3 is 10.1 Å². The third kappa shape index (κ3) is 3.86. The van der Waals surface area contributed by atoms with Crippen LogP contribution >= 0.6 is 0 Å². The molecule has 6 nitrogen and oxygen atoms in total. The highest BCUT2D eigenvalue weighted by Gasteiger charge is 2.36. The monoisotopic (exact) mass is 357 g/mol. The van der Waals surface area contributed by atoms with Gasteiger partial charge in [-0.3, -0.25) is 0 Å². The maximum absolute atomic E-state index is 13.0. The molecule has 3 heterocycles. The fourth-order valence-corrected chi connectivity index (χ4v) is 3.33. The summed E-state index contributed by atoms with van der Waals surface area (Å²) in [4.78, 5) is 7.29. The number of fused-ring (bicyclic) bond motifs is 1. The molecule has 1 N–H and O–H groups in total. The molecular weight excluding hydrogens is 335 g/mol. The number of anilines is 1. The Morgan fingerprint density at radius 1 is 1.32 bits per heavy atom. The Bertz CT molecular complexity index is 737. The molecule has 2 aromatic heterocycles. The number of halogens is 3. The van der Waals surface area contributed by atoms with Gasteiger partial charge in [-0.2, -0.15) is 27.8 Å². The average molecular weight is 357 g/mol. The van der Waals surface area contributed by atoms with Gasteiger partial charge in [-0.15, -0.1) is 0 Å². The quantitative estimate of drug-likeness (QED) is 0.912. The van der Waals surface area contributed by atoms with Crippen molar-refractivity contribution in [2.45, 2.75) is 45.9 Å². The van der Waals surface area contributed by atoms with Crippen LogP contribution in [0.25, 0.3) is 5.78 Å². The molecular formula is C16H22F3N5O. The summed E-state index contributed by atoms with van der Waals surface area (Å²) in [6.45, 7) is 7.55. The first-order valence-electron chi connectivity index (χ1n) is 8.30. The van der Waals surface area contributed by atoms with Crippen molar-refractivity contribution in [2.75, 3.05) is 18.5 Å². The lowest BCUT2D eigenvalue weighted by atomic mass is 9.78. The second-order valence-electron chi connectivity index (χ2n) is 7.44. The minimum absolute atomic E-state index is 0.0370. The number of aromatic nitrogens is 4. The van der Waals surface area contributed by atoms with Crippen LogP contribution in [-0.4, -0.2) is 38.8 Å². The summed E-state index contributed by atoms with van der Waals surface area (Å²) < 4.78 is 46.4. The van der Waals surface area contributed by atoms with Gasteiger partial charge in [0.1, 0.15) is 12.1 Å². The average Bonchev–Trinajstić information content (AvgIpc) is 2.99. The topological polar surface area (TPSA) is 64.3 Å². The second kappa shape index (κ2) is 6.44. The van der Waals surface area contributed by atoms with E-state index in [1.165, 1.54) is 10.8 Å². The first-order valence-corrected chi connectivity index (χ1v) is 8.30. The van der Waals surface area contributed by atoms with Crippen LogP contribution in [0.4, 0.5) is 19.0 Å². The molecule has 9 heteroatoms. The maximum Gasteiger partial charge on any atom is 0.433 e. The van der Waals surface area contributed by atoms with Gasteiger partial charge >= 0.3 is 6.18 Å². The molecule has 0 saturated carbocycles. The molecule has 138 valence electrons. The van der Waals surface area contributed by atoms with Gasteiger partial charge in [0.2, 0.25) is 0 Å². The van der Waals surface area contributed by atoms with E-state index >= 15 is 0 Å². The van der Waals surface area contributed by atoms with Crippen molar-refractivity contribution in [3.8, 4) is 0 Å². The van der Waals surface area contributed by atoms with E-state index in [0.717, 1.165) is 25.5 Å². The van der Waals surface area contributed by atoms with Crippen molar-refractivity contribution >= 4 is 11.6 Å². The largest absolute Gasteiger partial charge is 0.433 e. The smallest absolute Gasteiger partial charge is 0.377 e. The van der Waals surface area contributed by atoms with Gasteiger partial charge in [0, 0.05) is 25.1 Å². The molecule has 2 atom stereocenters. The predicted octanol–water partition coefficient (Wildman–Crippen LogP) is 3.40. The highest BCUT2D eigenvalue weighted by atomic mass is 19.4. The number of alkyl halides is 3. The molecule has 0 aromatic carbocycles. The number of hydrogen-bond donors (Lipinski definition) is 1. The molecule has 3 rings (SSSR count). The summed E-state index contributed by atoms with van der Waals surface area (Å²) in [5.74, 6) is 0.354. The lowest BCUT2D eigenvalue weighted by molar-refractivity contribution is -0.141. The molecule has 1 aliphatic rings. The van der Waals surface area contributed by atoms with E-state index in [1.807, 2.05) is 0 Å². The molecule has 2 unspecified atom stereocenters. The van der Waals surface area contributed by atoms with Crippen LogP contribution in [0.15, 0.2) is 12.4 Å². The van der Waals surface area contributed by atoms with E-state index in [4.69, 9.17) is 4.74 Å². The maximum atomic E-state index is 13.0. The Morgan fingerprint density at radius 3 is 2.76 bits per heavy atom. The van der Waals surface area contributed by atoms with Gasteiger partial charge in [-0.1, -0.05) is 20.8 Å². The molecule has 1 aliphatic heterocycles. The third-order valence-electron chi connectivity index (χ3n) is 4.39. The summed E-state index contributed by atoms with van der Waals surface area (Å²) in [6.07, 6.45) is -1.39. The lowest BCUT2D eigenvalue weighted by Crippen LogP contribution is -2.42. The van der Waals surface area contributed by atoms with Crippen LogP contribution in [0.5, 0.6) is 0 Å². The Morgan fingerprint density at radius 2 is 2.08 bits per heavy atom. The second-order valence-corrected chi connectivity index (χ2v) is 7.44. The van der Waals surface area contributed by atoms with Crippen molar-refractivity contribution in [2.24, 2.45) is 11.3 Å². The van der Waals surface area contributed by atoms with E-state index in [2.05, 4.69) is 41.2 Å². The number of hydrogen-bond acceptors (Lipinski definition) is 5. The van der Waals surface area contributed by atoms with Crippen LogP contribution in [0.3, 0.4) is 0 Å². The molecule has 25 heavy (non-hydrogen) atoms. The lowest BCUT2D eigenvalue weighted by Gasteiger charge is -2.40. The van der Waals surface area contributed by atoms with Crippen LogP contribution < -0.4 is 5.32 Å².